The molecule has 24 heavy (non-hydrogen) atoms. The molecule has 0 spiro atoms. The van der Waals surface area contributed by atoms with Crippen LogP contribution < -0.4 is 4.90 Å². The average Bonchev–Trinajstić information content (AvgIpc) is 2.94. The number of nitrogens with zero attached hydrogens (tertiary/aromatic N) is 1. The Morgan fingerprint density at radius 3 is 2.54 bits per heavy atom. The molecule has 1 saturated heterocycles. The van der Waals surface area contributed by atoms with Gasteiger partial charge in [-0.1, -0.05) is 25.1 Å². The van der Waals surface area contributed by atoms with Crippen molar-refractivity contribution in [3.8, 4) is 0 Å². The van der Waals surface area contributed by atoms with Crippen LogP contribution in [0.1, 0.15) is 42.6 Å². The third kappa shape index (κ3) is 2.73. The molecule has 0 bridgehead atoms. The summed E-state index contributed by atoms with van der Waals surface area (Å²) in [6.45, 7) is 7.09. The smallest absolute Gasteiger partial charge is 0.141 e. The Bertz CT molecular complexity index is 813. The number of nitrogens with one attached hydrogen (secondary N) is 2. The molecule has 1 aliphatic heterocycles. The maximum atomic E-state index is 4.23. The van der Waals surface area contributed by atoms with E-state index in [1.54, 1.807) is 4.90 Å². The van der Waals surface area contributed by atoms with Crippen LogP contribution in [0, 0.1) is 12.8 Å². The van der Waals surface area contributed by atoms with Gasteiger partial charge in [-0.3, -0.25) is 4.98 Å². The van der Waals surface area contributed by atoms with Gasteiger partial charge in [0, 0.05) is 40.1 Å². The molecule has 0 unspecified atom stereocenters. The predicted octanol–water partition coefficient (Wildman–Crippen LogP) is 3.28. The lowest BCUT2D eigenvalue weighted by Crippen LogP contribution is -3.13. The van der Waals surface area contributed by atoms with Gasteiger partial charge < -0.3 is 9.88 Å². The van der Waals surface area contributed by atoms with Crippen molar-refractivity contribution in [2.24, 2.45) is 5.92 Å². The molecule has 2 N–H and O–H groups in total. The molecule has 3 aromatic rings. The first-order chi connectivity index (χ1) is 11.7. The summed E-state index contributed by atoms with van der Waals surface area (Å²) in [6.07, 6.45) is 6.49. The number of pyridine rings is 1. The topological polar surface area (TPSA) is 33.1 Å². The Hall–Kier alpha value is -2.13. The molecule has 1 aliphatic rings. The first-order valence-electron chi connectivity index (χ1n) is 9.05. The Morgan fingerprint density at radius 2 is 1.79 bits per heavy atom. The van der Waals surface area contributed by atoms with Gasteiger partial charge in [0.2, 0.25) is 0 Å². The molecule has 3 nitrogen and oxygen atoms in total. The van der Waals surface area contributed by atoms with E-state index in [-0.39, 0.29) is 0 Å². The lowest BCUT2D eigenvalue weighted by atomic mass is 9.91. The number of rotatable bonds is 3. The Balaban J connectivity index is 1.84. The molecule has 3 heteroatoms. The molecule has 124 valence electrons. The molecule has 4 rings (SSSR count). The quantitative estimate of drug-likeness (QED) is 0.763. The van der Waals surface area contributed by atoms with Crippen LogP contribution >= 0.6 is 0 Å². The Labute approximate surface area is 143 Å². The van der Waals surface area contributed by atoms with Gasteiger partial charge in [-0.15, -0.1) is 0 Å². The highest BCUT2D eigenvalue weighted by Crippen LogP contribution is 2.30. The first-order valence-corrected chi connectivity index (χ1v) is 9.05. The van der Waals surface area contributed by atoms with Crippen molar-refractivity contribution in [2.45, 2.75) is 32.7 Å². The van der Waals surface area contributed by atoms with Crippen LogP contribution in [0.5, 0.6) is 0 Å². The summed E-state index contributed by atoms with van der Waals surface area (Å²) in [4.78, 5) is 9.52. The van der Waals surface area contributed by atoms with Crippen LogP contribution in [-0.4, -0.2) is 23.1 Å². The summed E-state index contributed by atoms with van der Waals surface area (Å²) in [6, 6.07) is 13.5. The standard InChI is InChI=1S/C21H25N3/c1-15-9-13-24(14-10-15)21(17-7-11-22-12-8-17)20-16(2)23-19-6-4-3-5-18(19)20/h3-8,11-12,15,21,23H,9-10,13-14H2,1-2H3/p+1/t21-/m1/s1. The number of quaternary nitrogens is 1. The number of benzene rings is 1. The molecule has 2 aromatic heterocycles. The maximum absolute atomic E-state index is 4.23. The van der Waals surface area contributed by atoms with E-state index in [0.29, 0.717) is 6.04 Å². The van der Waals surface area contributed by atoms with E-state index in [1.165, 1.54) is 53.7 Å². The zero-order chi connectivity index (χ0) is 16.5. The molecule has 0 aliphatic carbocycles. The van der Waals surface area contributed by atoms with Crippen molar-refractivity contribution >= 4 is 10.9 Å². The minimum Gasteiger partial charge on any atom is -0.358 e. The van der Waals surface area contributed by atoms with Crippen LogP contribution in [0.4, 0.5) is 0 Å². The average molecular weight is 320 g/mol. The zero-order valence-corrected chi connectivity index (χ0v) is 14.5. The minimum atomic E-state index is 0.386. The highest BCUT2D eigenvalue weighted by atomic mass is 15.2. The highest BCUT2D eigenvalue weighted by molar-refractivity contribution is 5.85. The normalized spacial score (nSPS) is 22.6. The van der Waals surface area contributed by atoms with Crippen LogP contribution in [0.25, 0.3) is 10.9 Å². The van der Waals surface area contributed by atoms with Crippen molar-refractivity contribution in [3.63, 3.8) is 0 Å². The largest absolute Gasteiger partial charge is 0.358 e. The first kappa shape index (κ1) is 15.4. The van der Waals surface area contributed by atoms with Gasteiger partial charge in [-0.25, -0.2) is 0 Å². The summed E-state index contributed by atoms with van der Waals surface area (Å²) in [5, 5.41) is 1.36. The zero-order valence-electron chi connectivity index (χ0n) is 14.5. The van der Waals surface area contributed by atoms with Crippen LogP contribution in [0.15, 0.2) is 48.8 Å². The number of likely N-dealkylation sites (tertiary alicyclic amines) is 1. The summed E-state index contributed by atoms with van der Waals surface area (Å²) in [5.41, 5.74) is 5.38. The third-order valence-corrected chi connectivity index (χ3v) is 5.60. The van der Waals surface area contributed by atoms with Crippen LogP contribution in [0.3, 0.4) is 0 Å². The highest BCUT2D eigenvalue weighted by Gasteiger charge is 2.32. The predicted molar refractivity (Wildman–Crippen MR) is 98.2 cm³/mol. The molecular weight excluding hydrogens is 294 g/mol. The lowest BCUT2D eigenvalue weighted by molar-refractivity contribution is -0.931. The monoisotopic (exact) mass is 320 g/mol. The van der Waals surface area contributed by atoms with Crippen molar-refractivity contribution in [1.29, 1.82) is 0 Å². The third-order valence-electron chi connectivity index (χ3n) is 5.60. The number of H-pyrrole nitrogens is 1. The second-order valence-corrected chi connectivity index (χ2v) is 7.26. The Kier molecular flexibility index (Phi) is 4.11. The van der Waals surface area contributed by atoms with Crippen molar-refractivity contribution in [1.82, 2.24) is 9.97 Å². The van der Waals surface area contributed by atoms with Gasteiger partial charge in [0.15, 0.2) is 0 Å². The van der Waals surface area contributed by atoms with E-state index in [0.717, 1.165) is 5.92 Å². The number of para-hydroxylation sites is 1. The van der Waals surface area contributed by atoms with Crippen LogP contribution in [0.2, 0.25) is 0 Å². The molecule has 0 amide bonds. The fourth-order valence-corrected chi connectivity index (χ4v) is 4.25. The van der Waals surface area contributed by atoms with Crippen LogP contribution in [-0.2, 0) is 0 Å². The molecule has 1 fully saturated rings. The molecular formula is C21H26N3+. The molecule has 1 aromatic carbocycles. The van der Waals surface area contributed by atoms with Gasteiger partial charge >= 0.3 is 0 Å². The van der Waals surface area contributed by atoms with Gasteiger partial charge in [-0.2, -0.15) is 0 Å². The van der Waals surface area contributed by atoms with Crippen molar-refractivity contribution in [3.05, 3.63) is 65.6 Å². The fourth-order valence-electron chi connectivity index (χ4n) is 4.25. The number of aromatic amines is 1. The van der Waals surface area contributed by atoms with E-state index in [2.05, 4.69) is 60.2 Å². The number of hydrogen-bond donors (Lipinski definition) is 2. The number of aryl methyl sites for hydroxylation is 1. The number of piperidine rings is 1. The van der Waals surface area contributed by atoms with E-state index in [4.69, 9.17) is 0 Å². The number of hydrogen-bond acceptors (Lipinski definition) is 1. The van der Waals surface area contributed by atoms with Crippen molar-refractivity contribution < 1.29 is 4.90 Å². The minimum absolute atomic E-state index is 0.386. The number of aromatic nitrogens is 2. The second kappa shape index (κ2) is 6.40. The van der Waals surface area contributed by atoms with Crippen molar-refractivity contribution in [2.75, 3.05) is 13.1 Å². The maximum Gasteiger partial charge on any atom is 0.141 e. The fraction of sp³-hybridized carbons (Fsp3) is 0.381. The Morgan fingerprint density at radius 1 is 1.08 bits per heavy atom. The molecule has 0 radical (unpaired) electrons. The summed E-state index contributed by atoms with van der Waals surface area (Å²) in [7, 11) is 0. The summed E-state index contributed by atoms with van der Waals surface area (Å²) < 4.78 is 0. The SMILES string of the molecule is Cc1[nH]c2ccccc2c1[C@@H](c1ccncc1)[NH+]1CCC(C)CC1. The molecule has 3 heterocycles. The van der Waals surface area contributed by atoms with Gasteiger partial charge in [0.05, 0.1) is 13.1 Å². The van der Waals surface area contributed by atoms with Gasteiger partial charge in [-0.05, 0) is 43.9 Å². The van der Waals surface area contributed by atoms with E-state index in [1.807, 2.05) is 12.4 Å². The molecule has 1 atom stereocenters. The lowest BCUT2D eigenvalue weighted by Gasteiger charge is -2.34. The second-order valence-electron chi connectivity index (χ2n) is 7.26. The molecule has 0 saturated carbocycles. The van der Waals surface area contributed by atoms with E-state index in [9.17, 15) is 0 Å². The summed E-state index contributed by atoms with van der Waals surface area (Å²) >= 11 is 0. The van der Waals surface area contributed by atoms with E-state index >= 15 is 0 Å². The van der Waals surface area contributed by atoms with E-state index < -0.39 is 0 Å². The summed E-state index contributed by atoms with van der Waals surface area (Å²) in [5.74, 6) is 0.857. The van der Waals surface area contributed by atoms with Gasteiger partial charge in [0.1, 0.15) is 6.04 Å². The number of fused-ring (bicyclic) bond motifs is 1. The van der Waals surface area contributed by atoms with Gasteiger partial charge in [0.25, 0.3) is 0 Å².